The molecule has 9 nitrogen and oxygen atoms in total. The molecule has 1 aromatic rings. The molecular formula is C9H10N6O3S. The number of hydrogen-bond acceptors (Lipinski definition) is 7. The van der Waals surface area contributed by atoms with Crippen molar-refractivity contribution in [1.82, 2.24) is 9.97 Å². The van der Waals surface area contributed by atoms with E-state index in [-0.39, 0.29) is 30.3 Å². The summed E-state index contributed by atoms with van der Waals surface area (Å²) in [4.78, 5) is 20.4. The van der Waals surface area contributed by atoms with Gasteiger partial charge in [-0.15, -0.1) is 0 Å². The number of nitrogens with zero attached hydrogens (tertiary/aromatic N) is 4. The first-order valence-electron chi connectivity index (χ1n) is 5.17. The van der Waals surface area contributed by atoms with E-state index < -0.39 is 21.2 Å². The summed E-state index contributed by atoms with van der Waals surface area (Å²) in [7, 11) is -3.80. The Morgan fingerprint density at radius 3 is 2.68 bits per heavy atom. The molecule has 1 aliphatic rings. The van der Waals surface area contributed by atoms with Gasteiger partial charge in [0, 0.05) is 13.0 Å². The minimum atomic E-state index is -3.80. The van der Waals surface area contributed by atoms with Gasteiger partial charge in [0.1, 0.15) is 22.7 Å². The third-order valence-electron chi connectivity index (χ3n) is 2.72. The minimum absolute atomic E-state index is 0.0346. The third-order valence-corrected chi connectivity index (χ3v) is 3.97. The molecule has 100 valence electrons. The highest BCUT2D eigenvalue weighted by Crippen LogP contribution is 2.22. The number of carbonyl (C=O) groups is 1. The van der Waals surface area contributed by atoms with Crippen molar-refractivity contribution < 1.29 is 13.2 Å². The lowest BCUT2D eigenvalue weighted by molar-refractivity contribution is -0.117. The van der Waals surface area contributed by atoms with E-state index in [0.29, 0.717) is 0 Å². The van der Waals surface area contributed by atoms with Crippen molar-refractivity contribution in [1.29, 1.82) is 5.26 Å². The van der Waals surface area contributed by atoms with Crippen molar-refractivity contribution in [2.24, 2.45) is 5.14 Å². The number of carbonyl (C=O) groups excluding carboxylic acids is 1. The number of nitrogen functional groups attached to an aromatic ring is 1. The summed E-state index contributed by atoms with van der Waals surface area (Å²) in [5.41, 5.74) is 5.59. The van der Waals surface area contributed by atoms with Crippen LogP contribution in [0.4, 0.5) is 11.8 Å². The first-order chi connectivity index (χ1) is 8.82. The maximum atomic E-state index is 11.7. The molecule has 10 heteroatoms. The highest BCUT2D eigenvalue weighted by atomic mass is 32.2. The molecule has 2 rings (SSSR count). The lowest BCUT2D eigenvalue weighted by Crippen LogP contribution is -2.32. The van der Waals surface area contributed by atoms with Crippen LogP contribution in [0.3, 0.4) is 0 Å². The zero-order valence-electron chi connectivity index (χ0n) is 9.65. The van der Waals surface area contributed by atoms with Crippen molar-refractivity contribution >= 4 is 27.7 Å². The molecule has 1 unspecified atom stereocenters. The quantitative estimate of drug-likeness (QED) is 0.656. The predicted octanol–water partition coefficient (Wildman–Crippen LogP) is -1.68. The third kappa shape index (κ3) is 2.47. The Balaban J connectivity index is 2.31. The Morgan fingerprint density at radius 2 is 2.21 bits per heavy atom. The molecule has 1 aliphatic heterocycles. The van der Waals surface area contributed by atoms with Gasteiger partial charge in [-0.05, 0) is 0 Å². The molecule has 0 aromatic carbocycles. The second-order valence-corrected chi connectivity index (χ2v) is 5.84. The summed E-state index contributed by atoms with van der Waals surface area (Å²) < 4.78 is 22.4. The van der Waals surface area contributed by atoms with E-state index >= 15 is 0 Å². The van der Waals surface area contributed by atoms with E-state index in [1.165, 1.54) is 6.20 Å². The van der Waals surface area contributed by atoms with Crippen LogP contribution >= 0.6 is 0 Å². The van der Waals surface area contributed by atoms with Gasteiger partial charge in [0.05, 0.1) is 6.20 Å². The van der Waals surface area contributed by atoms with Gasteiger partial charge in [0.25, 0.3) is 0 Å². The summed E-state index contributed by atoms with van der Waals surface area (Å²) >= 11 is 0. The van der Waals surface area contributed by atoms with Gasteiger partial charge < -0.3 is 5.73 Å². The van der Waals surface area contributed by atoms with Crippen molar-refractivity contribution in [3.05, 3.63) is 11.8 Å². The normalized spacial score (nSPS) is 19.5. The van der Waals surface area contributed by atoms with Crippen LogP contribution in [0.1, 0.15) is 12.0 Å². The minimum Gasteiger partial charge on any atom is -0.382 e. The van der Waals surface area contributed by atoms with E-state index in [1.54, 1.807) is 6.07 Å². The number of amides is 1. The highest BCUT2D eigenvalue weighted by Gasteiger charge is 2.38. The average Bonchev–Trinajstić information content (AvgIpc) is 2.71. The Hall–Kier alpha value is -2.25. The number of aromatic nitrogens is 2. The smallest absolute Gasteiger partial charge is 0.234 e. The van der Waals surface area contributed by atoms with Crippen LogP contribution in [-0.4, -0.2) is 36.1 Å². The molecule has 0 radical (unpaired) electrons. The number of rotatable bonds is 2. The molecule has 1 saturated heterocycles. The van der Waals surface area contributed by atoms with Crippen LogP contribution in [0.25, 0.3) is 0 Å². The zero-order valence-corrected chi connectivity index (χ0v) is 10.5. The van der Waals surface area contributed by atoms with E-state index in [2.05, 4.69) is 9.97 Å². The van der Waals surface area contributed by atoms with Gasteiger partial charge in [-0.25, -0.2) is 18.5 Å². The molecule has 1 amide bonds. The summed E-state index contributed by atoms with van der Waals surface area (Å²) in [6, 6.07) is 1.79. The van der Waals surface area contributed by atoms with Gasteiger partial charge >= 0.3 is 0 Å². The zero-order chi connectivity index (χ0) is 14.2. The monoisotopic (exact) mass is 282 g/mol. The van der Waals surface area contributed by atoms with Crippen molar-refractivity contribution in [3.8, 4) is 6.07 Å². The van der Waals surface area contributed by atoms with E-state index in [9.17, 15) is 13.2 Å². The first-order valence-corrected chi connectivity index (χ1v) is 6.78. The van der Waals surface area contributed by atoms with Crippen molar-refractivity contribution in [2.45, 2.75) is 11.7 Å². The molecule has 1 aromatic heterocycles. The Morgan fingerprint density at radius 1 is 1.53 bits per heavy atom. The summed E-state index contributed by atoms with van der Waals surface area (Å²) in [6.07, 6.45) is 0.956. The predicted molar refractivity (Wildman–Crippen MR) is 65.0 cm³/mol. The van der Waals surface area contributed by atoms with E-state index in [1.807, 2.05) is 0 Å². The molecule has 0 aliphatic carbocycles. The molecule has 0 spiro atoms. The molecule has 19 heavy (non-hydrogen) atoms. The van der Waals surface area contributed by atoms with E-state index in [0.717, 1.165) is 4.90 Å². The Labute approximate surface area is 108 Å². The molecule has 4 N–H and O–H groups in total. The highest BCUT2D eigenvalue weighted by molar-refractivity contribution is 7.89. The number of primary sulfonamides is 1. The second-order valence-electron chi connectivity index (χ2n) is 4.00. The van der Waals surface area contributed by atoms with Gasteiger partial charge in [0.2, 0.25) is 21.9 Å². The Bertz CT molecular complexity index is 680. The standard InChI is InChI=1S/C9H10N6O3S/c10-2-5-3-13-9(14-8(5)11)15-4-6(1-7(15)16)19(12,17)18/h3,6H,1,4H2,(H2,11,13,14)(H2,12,17,18). The lowest BCUT2D eigenvalue weighted by atomic mass is 10.3. The second kappa shape index (κ2) is 4.45. The lowest BCUT2D eigenvalue weighted by Gasteiger charge is -2.14. The maximum absolute atomic E-state index is 11.7. The SMILES string of the molecule is N#Cc1cnc(N2CC(S(N)(=O)=O)CC2=O)nc1N. The van der Waals surface area contributed by atoms with Crippen LogP contribution in [0.2, 0.25) is 0 Å². The van der Waals surface area contributed by atoms with Gasteiger partial charge in [-0.3, -0.25) is 9.69 Å². The first kappa shape index (κ1) is 13.2. The summed E-state index contributed by atoms with van der Waals surface area (Å²) in [6.45, 7) is -0.122. The molecule has 0 saturated carbocycles. The summed E-state index contributed by atoms with van der Waals surface area (Å²) in [5, 5.41) is 12.7. The number of sulfonamides is 1. The van der Waals surface area contributed by atoms with Gasteiger partial charge in [-0.2, -0.15) is 10.2 Å². The van der Waals surface area contributed by atoms with Gasteiger partial charge in [-0.1, -0.05) is 0 Å². The number of nitriles is 1. The molecule has 1 atom stereocenters. The topological polar surface area (TPSA) is 156 Å². The van der Waals surface area contributed by atoms with Crippen LogP contribution < -0.4 is 15.8 Å². The average molecular weight is 282 g/mol. The van der Waals surface area contributed by atoms with Crippen molar-refractivity contribution in [2.75, 3.05) is 17.2 Å². The summed E-state index contributed by atoms with van der Waals surface area (Å²) in [5.74, 6) is -0.560. The van der Waals surface area contributed by atoms with Crippen LogP contribution in [0.15, 0.2) is 6.20 Å². The molecule has 0 bridgehead atoms. The van der Waals surface area contributed by atoms with Crippen molar-refractivity contribution in [3.63, 3.8) is 0 Å². The number of nitrogens with two attached hydrogens (primary N) is 2. The number of anilines is 2. The Kier molecular flexibility index (Phi) is 3.09. The molecule has 2 heterocycles. The van der Waals surface area contributed by atoms with E-state index in [4.69, 9.17) is 16.1 Å². The number of hydrogen-bond donors (Lipinski definition) is 2. The largest absolute Gasteiger partial charge is 0.382 e. The van der Waals surface area contributed by atoms with Crippen LogP contribution in [-0.2, 0) is 14.8 Å². The van der Waals surface area contributed by atoms with Crippen LogP contribution in [0, 0.1) is 11.3 Å². The fourth-order valence-corrected chi connectivity index (χ4v) is 2.42. The van der Waals surface area contributed by atoms with Gasteiger partial charge in [0.15, 0.2) is 0 Å². The van der Waals surface area contributed by atoms with Crippen LogP contribution in [0.5, 0.6) is 0 Å². The fraction of sp³-hybridized carbons (Fsp3) is 0.333. The fourth-order valence-electron chi connectivity index (χ4n) is 1.69. The maximum Gasteiger partial charge on any atom is 0.234 e. The molecular weight excluding hydrogens is 272 g/mol. The molecule has 1 fully saturated rings.